The van der Waals surface area contributed by atoms with Crippen molar-refractivity contribution in [3.63, 3.8) is 0 Å². The Hall–Kier alpha value is -2.92. The molecule has 3 aliphatic carbocycles. The number of likely N-dealkylation sites (N-methyl/N-ethyl adjacent to an activating group) is 1. The van der Waals surface area contributed by atoms with Gasteiger partial charge in [0, 0.05) is 23.5 Å². The van der Waals surface area contributed by atoms with Gasteiger partial charge in [0.15, 0.2) is 5.60 Å². The van der Waals surface area contributed by atoms with Crippen LogP contribution in [0.15, 0.2) is 35.1 Å². The van der Waals surface area contributed by atoms with Gasteiger partial charge in [-0.25, -0.2) is 0 Å². The van der Waals surface area contributed by atoms with Gasteiger partial charge in [-0.3, -0.25) is 9.59 Å². The molecule has 0 radical (unpaired) electrons. The van der Waals surface area contributed by atoms with Gasteiger partial charge < -0.3 is 41.3 Å². The Bertz CT molecular complexity index is 1090. The molecule has 0 saturated heterocycles. The Morgan fingerprint density at radius 1 is 1.16 bits per heavy atom. The molecule has 0 heterocycles. The van der Waals surface area contributed by atoms with E-state index in [1.807, 2.05) is 0 Å². The van der Waals surface area contributed by atoms with Crippen molar-refractivity contribution in [2.45, 2.75) is 36.7 Å². The molecular formula is C22H26N2O8. The third-order valence-electron chi connectivity index (χ3n) is 7.20. The maximum absolute atomic E-state index is 13.7. The quantitative estimate of drug-likeness (QED) is 0.308. The van der Waals surface area contributed by atoms with E-state index in [4.69, 9.17) is 5.73 Å². The van der Waals surface area contributed by atoms with Crippen molar-refractivity contribution in [1.29, 1.82) is 0 Å². The number of nitrogens with zero attached hydrogens (tertiary/aromatic N) is 1. The zero-order valence-corrected chi connectivity index (χ0v) is 17.7. The minimum Gasteiger partial charge on any atom is -0.508 e. The second-order valence-corrected chi connectivity index (χ2v) is 8.96. The second-order valence-electron chi connectivity index (χ2n) is 8.96. The summed E-state index contributed by atoms with van der Waals surface area (Å²) in [5.41, 5.74) is 1.85. The summed E-state index contributed by atoms with van der Waals surface area (Å²) >= 11 is 0. The summed E-state index contributed by atoms with van der Waals surface area (Å²) in [5, 5.41) is 65.9. The number of carbonyl (C=O) groups excluding carboxylic acids is 2. The van der Waals surface area contributed by atoms with Crippen LogP contribution in [0.25, 0.3) is 5.76 Å². The van der Waals surface area contributed by atoms with Crippen LogP contribution in [0, 0.1) is 11.8 Å². The summed E-state index contributed by atoms with van der Waals surface area (Å²) in [6, 6.07) is 3.37. The predicted molar refractivity (Wildman–Crippen MR) is 111 cm³/mol. The number of hydrogen-bond acceptors (Lipinski definition) is 9. The van der Waals surface area contributed by atoms with Crippen LogP contribution in [0.4, 0.5) is 0 Å². The van der Waals surface area contributed by atoms with Gasteiger partial charge in [0.1, 0.15) is 23.4 Å². The summed E-state index contributed by atoms with van der Waals surface area (Å²) in [6.07, 6.45) is -3.22. The monoisotopic (exact) mass is 446 g/mol. The summed E-state index contributed by atoms with van der Waals surface area (Å²) in [4.78, 5) is 27.1. The van der Waals surface area contributed by atoms with Crippen molar-refractivity contribution in [2.75, 3.05) is 14.1 Å². The number of nitrogens with two attached hydrogens (primary N) is 1. The predicted octanol–water partition coefficient (Wildman–Crippen LogP) is -0.712. The van der Waals surface area contributed by atoms with Gasteiger partial charge in [0.25, 0.3) is 5.91 Å². The van der Waals surface area contributed by atoms with Gasteiger partial charge >= 0.3 is 0 Å². The fraction of sp³-hybridized carbons (Fsp3) is 0.455. The van der Waals surface area contributed by atoms with Crippen molar-refractivity contribution < 1.29 is 40.2 Å². The maximum atomic E-state index is 13.7. The first-order chi connectivity index (χ1) is 14.9. The smallest absolute Gasteiger partial charge is 0.250 e. The molecule has 4 rings (SSSR count). The standard InChI is InChI=1S/C22H26N2O8/c1-7-8-5-4-6-9(25)11(8)16(26)12-10(7)17(27)14-15(24(2)3)18(28)13(21(23)31)20(30)22(14,32)19(12)29/h4-7,10,14-15,17-18,25-28,30,32H,1-3H3,(H2,23,31)/t7-,10+,14+,15-,17-,18?,22-/m0/s1. The zero-order chi connectivity index (χ0) is 23.9. The lowest BCUT2D eigenvalue weighted by Crippen LogP contribution is -2.71. The number of primary amides is 1. The van der Waals surface area contributed by atoms with E-state index in [0.717, 1.165) is 0 Å². The van der Waals surface area contributed by atoms with Crippen molar-refractivity contribution in [3.8, 4) is 5.75 Å². The summed E-state index contributed by atoms with van der Waals surface area (Å²) in [5.74, 6) is -7.49. The van der Waals surface area contributed by atoms with Crippen molar-refractivity contribution in [3.05, 3.63) is 46.2 Å². The Morgan fingerprint density at radius 2 is 1.78 bits per heavy atom. The highest BCUT2D eigenvalue weighted by atomic mass is 16.4. The van der Waals surface area contributed by atoms with Crippen LogP contribution in [0.5, 0.6) is 5.75 Å². The number of Topliss-reactive ketones (excluding diaryl/α,β-unsaturated/α-hetero) is 1. The van der Waals surface area contributed by atoms with Gasteiger partial charge in [0.05, 0.1) is 17.2 Å². The number of aliphatic hydroxyl groups is 5. The van der Waals surface area contributed by atoms with Gasteiger partial charge in [-0.2, -0.15) is 0 Å². The molecule has 1 aromatic rings. The minimum atomic E-state index is -2.83. The molecule has 32 heavy (non-hydrogen) atoms. The van der Waals surface area contributed by atoms with E-state index in [0.29, 0.717) is 5.56 Å². The molecule has 8 N–H and O–H groups in total. The molecule has 1 fully saturated rings. The number of rotatable bonds is 2. The highest BCUT2D eigenvalue weighted by molar-refractivity contribution is 6.12. The first kappa shape index (κ1) is 22.3. The van der Waals surface area contributed by atoms with Crippen molar-refractivity contribution >= 4 is 17.4 Å². The van der Waals surface area contributed by atoms with E-state index < -0.39 is 70.4 Å². The van der Waals surface area contributed by atoms with Gasteiger partial charge in [-0.05, 0) is 31.6 Å². The first-order valence-electron chi connectivity index (χ1n) is 10.2. The molecule has 1 amide bonds. The molecule has 7 atom stereocenters. The van der Waals surface area contributed by atoms with E-state index in [-0.39, 0.29) is 16.9 Å². The Kier molecular flexibility index (Phi) is 4.90. The minimum absolute atomic E-state index is 0.00699. The number of carbonyl (C=O) groups is 2. The normalized spacial score (nSPS) is 36.7. The summed E-state index contributed by atoms with van der Waals surface area (Å²) < 4.78 is 0. The molecular weight excluding hydrogens is 420 g/mol. The fourth-order valence-electron chi connectivity index (χ4n) is 5.78. The Morgan fingerprint density at radius 3 is 2.34 bits per heavy atom. The van der Waals surface area contributed by atoms with Crippen LogP contribution in [-0.4, -0.2) is 85.2 Å². The topological polar surface area (TPSA) is 185 Å². The highest BCUT2D eigenvalue weighted by Gasteiger charge is 2.68. The number of ketones is 1. The van der Waals surface area contributed by atoms with E-state index >= 15 is 0 Å². The Labute approximate surface area is 183 Å². The van der Waals surface area contributed by atoms with Crippen LogP contribution in [0.3, 0.4) is 0 Å². The summed E-state index contributed by atoms with van der Waals surface area (Å²) in [7, 11) is 3.04. The molecule has 1 unspecified atom stereocenters. The van der Waals surface area contributed by atoms with Crippen molar-refractivity contribution in [1.82, 2.24) is 4.90 Å². The number of hydrogen-bond donors (Lipinski definition) is 7. The van der Waals surface area contributed by atoms with E-state index in [1.165, 1.54) is 25.1 Å². The molecule has 3 aliphatic rings. The van der Waals surface area contributed by atoms with E-state index in [1.54, 1.807) is 19.1 Å². The van der Waals surface area contributed by atoms with Crippen LogP contribution in [0.1, 0.15) is 24.0 Å². The van der Waals surface area contributed by atoms with Gasteiger partial charge in [-0.1, -0.05) is 19.1 Å². The molecule has 0 spiro atoms. The van der Waals surface area contributed by atoms with Crippen molar-refractivity contribution in [2.24, 2.45) is 17.6 Å². The number of aliphatic hydroxyl groups excluding tert-OH is 4. The van der Waals surface area contributed by atoms with Gasteiger partial charge in [-0.15, -0.1) is 0 Å². The SMILES string of the molecule is C[C@H]1c2cccc(O)c2C(O)=C2C(=O)[C@]3(O)C(O)=C(C(N)=O)C(O)[C@@H](N(C)C)[C@@H]3[C@@H](O)[C@@H]21. The van der Waals surface area contributed by atoms with Crippen LogP contribution in [-0.2, 0) is 9.59 Å². The first-order valence-corrected chi connectivity index (χ1v) is 10.2. The largest absolute Gasteiger partial charge is 0.508 e. The summed E-state index contributed by atoms with van der Waals surface area (Å²) in [6.45, 7) is 1.70. The maximum Gasteiger partial charge on any atom is 0.250 e. The third-order valence-corrected chi connectivity index (χ3v) is 7.20. The van der Waals surface area contributed by atoms with Gasteiger partial charge in [0.2, 0.25) is 5.78 Å². The highest BCUT2D eigenvalue weighted by Crippen LogP contribution is 2.56. The lowest BCUT2D eigenvalue weighted by atomic mass is 9.54. The molecule has 1 saturated carbocycles. The number of phenols is 1. The number of aromatic hydroxyl groups is 1. The number of phenolic OH excluding ortho intramolecular Hbond substituents is 1. The molecule has 10 heteroatoms. The number of amides is 1. The molecule has 172 valence electrons. The second kappa shape index (κ2) is 7.04. The van der Waals surface area contributed by atoms with Crippen LogP contribution >= 0.6 is 0 Å². The molecule has 0 bridgehead atoms. The molecule has 10 nitrogen and oxygen atoms in total. The lowest BCUT2D eigenvalue weighted by molar-refractivity contribution is -0.174. The Balaban J connectivity index is 2.06. The average Bonchev–Trinajstić information content (AvgIpc) is 2.70. The van der Waals surface area contributed by atoms with E-state index in [2.05, 4.69) is 0 Å². The molecule has 0 aromatic heterocycles. The fourth-order valence-corrected chi connectivity index (χ4v) is 5.78. The lowest BCUT2D eigenvalue weighted by Gasteiger charge is -2.55. The molecule has 1 aromatic carbocycles. The number of benzene rings is 1. The van der Waals surface area contributed by atoms with E-state index in [9.17, 15) is 40.2 Å². The molecule has 0 aliphatic heterocycles. The number of fused-ring (bicyclic) bond motifs is 3. The van der Waals surface area contributed by atoms with Crippen LogP contribution in [0.2, 0.25) is 0 Å². The zero-order valence-electron chi connectivity index (χ0n) is 17.7. The third kappa shape index (κ3) is 2.54. The average molecular weight is 446 g/mol. The van der Waals surface area contributed by atoms with Crippen LogP contribution < -0.4 is 5.73 Å².